The molecule has 0 aliphatic heterocycles. The van der Waals surface area contributed by atoms with Crippen molar-refractivity contribution >= 4 is 11.6 Å². The van der Waals surface area contributed by atoms with Crippen LogP contribution in [0.1, 0.15) is 21.6 Å². The molecule has 0 spiro atoms. The number of aromatic nitrogens is 1. The van der Waals surface area contributed by atoms with E-state index < -0.39 is 0 Å². The van der Waals surface area contributed by atoms with Crippen LogP contribution in [-0.4, -0.2) is 10.9 Å². The molecule has 0 saturated heterocycles. The van der Waals surface area contributed by atoms with E-state index in [0.29, 0.717) is 16.8 Å². The molecule has 1 aromatic carbocycles. The van der Waals surface area contributed by atoms with Crippen LogP contribution < -0.4 is 5.32 Å². The first-order valence-electron chi connectivity index (χ1n) is 5.43. The summed E-state index contributed by atoms with van der Waals surface area (Å²) in [5, 5.41) is 11.5. The zero-order chi connectivity index (χ0) is 13.0. The van der Waals surface area contributed by atoms with Crippen molar-refractivity contribution in [1.82, 2.24) is 4.98 Å². The Bertz CT molecular complexity index is 612. The Hall–Kier alpha value is -2.67. The van der Waals surface area contributed by atoms with Crippen molar-refractivity contribution < 1.29 is 4.79 Å². The Balaban J connectivity index is 2.17. The molecule has 0 aliphatic carbocycles. The molecule has 4 nitrogen and oxygen atoms in total. The predicted molar refractivity (Wildman–Crippen MR) is 68.1 cm³/mol. The maximum Gasteiger partial charge on any atom is 0.255 e. The van der Waals surface area contributed by atoms with Gasteiger partial charge in [-0.25, -0.2) is 0 Å². The van der Waals surface area contributed by atoms with Gasteiger partial charge in [-0.05, 0) is 37.3 Å². The molecule has 2 aromatic rings. The summed E-state index contributed by atoms with van der Waals surface area (Å²) >= 11 is 0. The first-order chi connectivity index (χ1) is 8.69. The molecule has 0 radical (unpaired) electrons. The summed E-state index contributed by atoms with van der Waals surface area (Å²) in [6.07, 6.45) is 1.60. The van der Waals surface area contributed by atoms with E-state index in [1.165, 1.54) is 0 Å². The summed E-state index contributed by atoms with van der Waals surface area (Å²) in [7, 11) is 0. The second-order valence-corrected chi connectivity index (χ2v) is 3.83. The van der Waals surface area contributed by atoms with E-state index in [0.717, 1.165) is 5.69 Å². The fraction of sp³-hybridized carbons (Fsp3) is 0.0714. The number of hydrogen-bond acceptors (Lipinski definition) is 3. The summed E-state index contributed by atoms with van der Waals surface area (Å²) in [6.45, 7) is 1.88. The van der Waals surface area contributed by atoms with Gasteiger partial charge in [-0.2, -0.15) is 5.26 Å². The van der Waals surface area contributed by atoms with E-state index in [-0.39, 0.29) is 5.91 Å². The number of amides is 1. The Labute approximate surface area is 105 Å². The molecule has 88 valence electrons. The number of nitrogens with zero attached hydrogens (tertiary/aromatic N) is 2. The van der Waals surface area contributed by atoms with Crippen LogP contribution in [0, 0.1) is 18.3 Å². The van der Waals surface area contributed by atoms with E-state index in [4.69, 9.17) is 5.26 Å². The summed E-state index contributed by atoms with van der Waals surface area (Å²) in [4.78, 5) is 16.0. The second-order valence-electron chi connectivity index (χ2n) is 3.83. The summed E-state index contributed by atoms with van der Waals surface area (Å²) in [6, 6.07) is 12.2. The Morgan fingerprint density at radius 2 is 2.17 bits per heavy atom. The van der Waals surface area contributed by atoms with Crippen molar-refractivity contribution in [3.63, 3.8) is 0 Å². The van der Waals surface area contributed by atoms with Gasteiger partial charge in [-0.1, -0.05) is 6.07 Å². The van der Waals surface area contributed by atoms with Gasteiger partial charge in [0.1, 0.15) is 0 Å². The fourth-order valence-electron chi connectivity index (χ4n) is 1.47. The second kappa shape index (κ2) is 5.11. The highest BCUT2D eigenvalue weighted by Gasteiger charge is 2.06. The third-order valence-corrected chi connectivity index (χ3v) is 2.42. The average molecular weight is 237 g/mol. The summed E-state index contributed by atoms with van der Waals surface area (Å²) in [5.41, 5.74) is 2.44. The van der Waals surface area contributed by atoms with Gasteiger partial charge in [0.25, 0.3) is 5.91 Å². The topological polar surface area (TPSA) is 65.8 Å². The Kier molecular flexibility index (Phi) is 3.35. The van der Waals surface area contributed by atoms with Crippen molar-refractivity contribution in [3.05, 3.63) is 59.4 Å². The van der Waals surface area contributed by atoms with E-state index in [2.05, 4.69) is 10.3 Å². The minimum absolute atomic E-state index is 0.252. The van der Waals surface area contributed by atoms with Crippen molar-refractivity contribution in [2.75, 3.05) is 5.32 Å². The third-order valence-electron chi connectivity index (χ3n) is 2.42. The summed E-state index contributed by atoms with van der Waals surface area (Å²) in [5.74, 6) is -0.252. The van der Waals surface area contributed by atoms with E-state index in [1.54, 1.807) is 36.5 Å². The van der Waals surface area contributed by atoms with Gasteiger partial charge in [0, 0.05) is 11.3 Å². The highest BCUT2D eigenvalue weighted by atomic mass is 16.1. The van der Waals surface area contributed by atoms with Crippen LogP contribution in [0.2, 0.25) is 0 Å². The molecule has 0 aliphatic rings. The molecular weight excluding hydrogens is 226 g/mol. The zero-order valence-electron chi connectivity index (χ0n) is 9.84. The number of nitrogens with one attached hydrogen (secondary N) is 1. The van der Waals surface area contributed by atoms with Crippen LogP contribution >= 0.6 is 0 Å². The number of nitriles is 1. The van der Waals surface area contributed by atoms with Gasteiger partial charge in [-0.15, -0.1) is 0 Å². The van der Waals surface area contributed by atoms with Gasteiger partial charge < -0.3 is 5.32 Å². The molecule has 1 amide bonds. The number of rotatable bonds is 2. The summed E-state index contributed by atoms with van der Waals surface area (Å²) < 4.78 is 0. The number of pyridine rings is 1. The number of anilines is 1. The average Bonchev–Trinajstić information content (AvgIpc) is 2.41. The fourth-order valence-corrected chi connectivity index (χ4v) is 1.47. The lowest BCUT2D eigenvalue weighted by atomic mass is 10.1. The van der Waals surface area contributed by atoms with Crippen molar-refractivity contribution in [1.29, 1.82) is 5.26 Å². The predicted octanol–water partition coefficient (Wildman–Crippen LogP) is 2.51. The third kappa shape index (κ3) is 2.71. The van der Waals surface area contributed by atoms with Crippen LogP contribution in [0.25, 0.3) is 0 Å². The quantitative estimate of drug-likeness (QED) is 0.872. The van der Waals surface area contributed by atoms with E-state index in [1.807, 2.05) is 19.1 Å². The maximum atomic E-state index is 11.9. The van der Waals surface area contributed by atoms with Crippen molar-refractivity contribution in [2.24, 2.45) is 0 Å². The molecule has 4 heteroatoms. The van der Waals surface area contributed by atoms with Crippen molar-refractivity contribution in [2.45, 2.75) is 6.92 Å². The maximum absolute atomic E-state index is 11.9. The standard InChI is InChI=1S/C14H11N3O/c1-10-5-6-13(9-16-10)17-14(18)12-4-2-3-11(7-12)8-15/h2-7,9H,1H3,(H,17,18). The normalized spacial score (nSPS) is 9.56. The van der Waals surface area contributed by atoms with Crippen LogP contribution in [-0.2, 0) is 0 Å². The van der Waals surface area contributed by atoms with Crippen LogP contribution in [0.3, 0.4) is 0 Å². The Morgan fingerprint density at radius 1 is 1.33 bits per heavy atom. The minimum atomic E-state index is -0.252. The Morgan fingerprint density at radius 3 is 2.83 bits per heavy atom. The molecule has 2 rings (SSSR count). The number of carbonyl (C=O) groups excluding carboxylic acids is 1. The molecule has 1 N–H and O–H groups in total. The van der Waals surface area contributed by atoms with Crippen LogP contribution in [0.5, 0.6) is 0 Å². The lowest BCUT2D eigenvalue weighted by Gasteiger charge is -2.05. The van der Waals surface area contributed by atoms with Gasteiger partial charge in [0.2, 0.25) is 0 Å². The first-order valence-corrected chi connectivity index (χ1v) is 5.43. The number of aryl methyl sites for hydroxylation is 1. The zero-order valence-corrected chi connectivity index (χ0v) is 9.84. The van der Waals surface area contributed by atoms with Crippen molar-refractivity contribution in [3.8, 4) is 6.07 Å². The number of benzene rings is 1. The molecule has 1 aromatic heterocycles. The molecule has 0 atom stereocenters. The number of carbonyl (C=O) groups is 1. The van der Waals surface area contributed by atoms with Gasteiger partial charge in [0.15, 0.2) is 0 Å². The van der Waals surface area contributed by atoms with E-state index >= 15 is 0 Å². The monoisotopic (exact) mass is 237 g/mol. The first kappa shape index (κ1) is 11.8. The molecular formula is C14H11N3O. The van der Waals surface area contributed by atoms with Gasteiger partial charge >= 0.3 is 0 Å². The lowest BCUT2D eigenvalue weighted by Crippen LogP contribution is -2.12. The molecule has 18 heavy (non-hydrogen) atoms. The highest BCUT2D eigenvalue weighted by molar-refractivity contribution is 6.04. The van der Waals surface area contributed by atoms with E-state index in [9.17, 15) is 4.79 Å². The molecule has 1 heterocycles. The number of hydrogen-bond donors (Lipinski definition) is 1. The molecule has 0 saturated carbocycles. The largest absolute Gasteiger partial charge is 0.321 e. The van der Waals surface area contributed by atoms with Crippen LogP contribution in [0.4, 0.5) is 5.69 Å². The lowest BCUT2D eigenvalue weighted by molar-refractivity contribution is 0.102. The van der Waals surface area contributed by atoms with Gasteiger partial charge in [0.05, 0.1) is 23.5 Å². The smallest absolute Gasteiger partial charge is 0.255 e. The highest BCUT2D eigenvalue weighted by Crippen LogP contribution is 2.10. The minimum Gasteiger partial charge on any atom is -0.321 e. The molecule has 0 unspecified atom stereocenters. The van der Waals surface area contributed by atoms with Crippen LogP contribution in [0.15, 0.2) is 42.6 Å². The SMILES string of the molecule is Cc1ccc(NC(=O)c2cccc(C#N)c2)cn1. The molecule has 0 bridgehead atoms. The van der Waals surface area contributed by atoms with Gasteiger partial charge in [-0.3, -0.25) is 9.78 Å². The molecule has 0 fully saturated rings.